The number of ether oxygens (including phenoxy) is 1. The minimum atomic E-state index is -4.41. The highest BCUT2D eigenvalue weighted by Gasteiger charge is 2.28. The number of benzene rings is 2. The van der Waals surface area contributed by atoms with Crippen molar-refractivity contribution in [1.29, 1.82) is 5.26 Å². The molecule has 0 saturated heterocycles. The summed E-state index contributed by atoms with van der Waals surface area (Å²) < 4.78 is 101. The number of nitrogens with zero attached hydrogens (tertiary/aromatic N) is 4. The molecule has 0 bridgehead atoms. The third-order valence-electron chi connectivity index (χ3n) is 5.41. The van der Waals surface area contributed by atoms with E-state index in [0.29, 0.717) is 0 Å². The van der Waals surface area contributed by atoms with Crippen LogP contribution in [0.1, 0.15) is 16.7 Å². The first kappa shape index (κ1) is 28.5. The summed E-state index contributed by atoms with van der Waals surface area (Å²) in [5.74, 6) is -6.98. The minimum Gasteiger partial charge on any atom is -0.435 e. The van der Waals surface area contributed by atoms with E-state index >= 15 is 13.2 Å². The largest absolute Gasteiger partial charge is 0.435 e. The summed E-state index contributed by atoms with van der Waals surface area (Å²) >= 11 is 0. The Kier molecular flexibility index (Phi) is 7.76. The van der Waals surface area contributed by atoms with E-state index in [1.54, 1.807) is 4.72 Å². The van der Waals surface area contributed by atoms with Gasteiger partial charge >= 0.3 is 0 Å². The number of halogens is 3. The summed E-state index contributed by atoms with van der Waals surface area (Å²) in [5, 5.41) is 8.35. The van der Waals surface area contributed by atoms with Crippen molar-refractivity contribution in [2.24, 2.45) is 0 Å². The van der Waals surface area contributed by atoms with E-state index in [1.807, 2.05) is 6.07 Å². The lowest BCUT2D eigenvalue weighted by molar-refractivity contribution is 0.397. The maximum absolute atomic E-state index is 15.2. The molecule has 0 unspecified atom stereocenters. The Balaban J connectivity index is 1.69. The molecule has 0 amide bonds. The average Bonchev–Trinajstić information content (AvgIpc) is 2.92. The van der Waals surface area contributed by atoms with Crippen LogP contribution in [0.4, 0.5) is 18.9 Å². The quantitative estimate of drug-likeness (QED) is 0.235. The number of pyridine rings is 1. The molecule has 40 heavy (non-hydrogen) atoms. The predicted molar refractivity (Wildman–Crippen MR) is 137 cm³/mol. The number of sulfonamides is 1. The van der Waals surface area contributed by atoms with Gasteiger partial charge in [0.1, 0.15) is 5.69 Å². The zero-order chi connectivity index (χ0) is 29.2. The lowest BCUT2D eigenvalue weighted by Gasteiger charge is -2.17. The highest BCUT2D eigenvalue weighted by Crippen LogP contribution is 2.38. The van der Waals surface area contributed by atoms with Crippen LogP contribution in [0.5, 0.6) is 11.6 Å². The fourth-order valence-electron chi connectivity index (χ4n) is 3.49. The Labute approximate surface area is 227 Å². The van der Waals surface area contributed by atoms with Gasteiger partial charge in [-0.25, -0.2) is 40.6 Å². The van der Waals surface area contributed by atoms with Gasteiger partial charge < -0.3 is 4.74 Å². The fraction of sp³-hybridized carbons (Fsp3) is 0.120. The van der Waals surface area contributed by atoms with Crippen LogP contribution in [0.25, 0.3) is 11.3 Å². The minimum absolute atomic E-state index is 0.0183. The summed E-state index contributed by atoms with van der Waals surface area (Å²) in [6.07, 6.45) is 3.31. The second kappa shape index (κ2) is 10.9. The number of hydrogen-bond acceptors (Lipinski definition) is 9. The number of rotatable bonds is 8. The van der Waals surface area contributed by atoms with Crippen molar-refractivity contribution in [3.63, 3.8) is 0 Å². The van der Waals surface area contributed by atoms with E-state index in [9.17, 15) is 16.8 Å². The van der Waals surface area contributed by atoms with E-state index < -0.39 is 65.2 Å². The van der Waals surface area contributed by atoms with Crippen LogP contribution in [0.2, 0.25) is 0 Å². The van der Waals surface area contributed by atoms with Crippen LogP contribution in [0.15, 0.2) is 60.0 Å². The molecule has 0 aliphatic rings. The Hall–Kier alpha value is -4.55. The Bertz CT molecular complexity index is 1850. The molecule has 15 heteroatoms. The van der Waals surface area contributed by atoms with Crippen molar-refractivity contribution in [3.8, 4) is 29.0 Å². The zero-order valence-electron chi connectivity index (χ0n) is 20.7. The molecule has 10 nitrogen and oxygen atoms in total. The maximum atomic E-state index is 15.2. The lowest BCUT2D eigenvalue weighted by Crippen LogP contribution is -2.18. The monoisotopic (exact) mass is 589 g/mol. The molecule has 2 aromatic carbocycles. The highest BCUT2D eigenvalue weighted by molar-refractivity contribution is 7.92. The molecule has 0 saturated carbocycles. The van der Waals surface area contributed by atoms with E-state index in [-0.39, 0.29) is 28.3 Å². The van der Waals surface area contributed by atoms with E-state index in [1.165, 1.54) is 54.9 Å². The van der Waals surface area contributed by atoms with Crippen LogP contribution in [-0.2, 0) is 25.6 Å². The molecule has 2 aromatic heterocycles. The Morgan fingerprint density at radius 2 is 1.65 bits per heavy atom. The van der Waals surface area contributed by atoms with Gasteiger partial charge in [-0.1, -0.05) is 12.1 Å². The third kappa shape index (κ3) is 6.03. The molecule has 0 spiro atoms. The number of nitriles is 1. The summed E-state index contributed by atoms with van der Waals surface area (Å²) in [6, 6.07) is 11.5. The summed E-state index contributed by atoms with van der Waals surface area (Å²) in [4.78, 5) is 11.6. The molecule has 0 radical (unpaired) electrons. The molecular weight excluding hydrogens is 571 g/mol. The SMILES string of the molecule is Cc1c(F)c(NS(=O)(=O)Cc2ccc(C#N)cc2)c(F)c(F)c1Oc1ncccc1-c1ccnc(S(C)(=O)=O)n1. The zero-order valence-corrected chi connectivity index (χ0v) is 22.3. The number of hydrogen-bond donors (Lipinski definition) is 1. The molecule has 0 aliphatic heterocycles. The number of aromatic nitrogens is 3. The standard InChI is InChI=1S/C25H18F3N5O5S2/c1-14-19(26)22(33-40(36,37)13-16-7-5-15(12-29)6-8-16)20(27)21(28)23(14)38-24-17(4-3-10-30-24)18-9-11-31-25(32-18)39(2,34)35/h3-11,33H,13H2,1-2H3. The van der Waals surface area contributed by atoms with Crippen molar-refractivity contribution in [1.82, 2.24) is 15.0 Å². The first-order valence-corrected chi connectivity index (χ1v) is 14.7. The summed E-state index contributed by atoms with van der Waals surface area (Å²) in [7, 11) is -8.20. The molecule has 1 N–H and O–H groups in total. The smallest absolute Gasteiger partial charge is 0.247 e. The first-order chi connectivity index (χ1) is 18.8. The lowest BCUT2D eigenvalue weighted by atomic mass is 10.1. The third-order valence-corrected chi connectivity index (χ3v) is 7.50. The molecule has 206 valence electrons. The molecule has 0 aliphatic carbocycles. The normalized spacial score (nSPS) is 11.6. The van der Waals surface area contributed by atoms with Gasteiger partial charge in [-0.15, -0.1) is 0 Å². The summed E-state index contributed by atoms with van der Waals surface area (Å²) in [6.45, 7) is 1.04. The van der Waals surface area contributed by atoms with E-state index in [4.69, 9.17) is 10.00 Å². The molecule has 4 rings (SSSR count). The van der Waals surface area contributed by atoms with Gasteiger partial charge in [0.25, 0.3) is 0 Å². The second-order valence-corrected chi connectivity index (χ2v) is 12.0. The molecule has 4 aromatic rings. The summed E-state index contributed by atoms with van der Waals surface area (Å²) in [5.41, 5.74) is -1.25. The number of anilines is 1. The van der Waals surface area contributed by atoms with Crippen molar-refractivity contribution in [3.05, 3.63) is 89.0 Å². The van der Waals surface area contributed by atoms with Gasteiger partial charge in [-0.05, 0) is 42.8 Å². The average molecular weight is 590 g/mol. The predicted octanol–water partition coefficient (Wildman–Crippen LogP) is 4.27. The van der Waals surface area contributed by atoms with Gasteiger partial charge in [0, 0.05) is 24.2 Å². The van der Waals surface area contributed by atoms with Crippen molar-refractivity contribution in [2.45, 2.75) is 17.8 Å². The number of nitrogens with one attached hydrogen (secondary N) is 1. The van der Waals surface area contributed by atoms with Crippen LogP contribution < -0.4 is 9.46 Å². The van der Waals surface area contributed by atoms with Crippen molar-refractivity contribution >= 4 is 25.5 Å². The molecular formula is C25H18F3N5O5S2. The van der Waals surface area contributed by atoms with Crippen molar-refractivity contribution < 1.29 is 34.7 Å². The van der Waals surface area contributed by atoms with Gasteiger partial charge in [-0.2, -0.15) is 9.65 Å². The Morgan fingerprint density at radius 1 is 0.950 bits per heavy atom. The van der Waals surface area contributed by atoms with E-state index in [0.717, 1.165) is 13.2 Å². The molecule has 2 heterocycles. The van der Waals surface area contributed by atoms with Crippen LogP contribution in [0, 0.1) is 35.7 Å². The van der Waals surface area contributed by atoms with Crippen LogP contribution in [-0.4, -0.2) is 38.0 Å². The molecule has 0 atom stereocenters. The van der Waals surface area contributed by atoms with Gasteiger partial charge in [0.15, 0.2) is 17.4 Å². The van der Waals surface area contributed by atoms with Crippen LogP contribution in [0.3, 0.4) is 0 Å². The van der Waals surface area contributed by atoms with Gasteiger partial charge in [0.2, 0.25) is 36.7 Å². The first-order valence-electron chi connectivity index (χ1n) is 11.1. The number of sulfone groups is 1. The van der Waals surface area contributed by atoms with Crippen LogP contribution >= 0.6 is 0 Å². The van der Waals surface area contributed by atoms with Crippen molar-refractivity contribution in [2.75, 3.05) is 11.0 Å². The Morgan fingerprint density at radius 3 is 2.30 bits per heavy atom. The topological polar surface area (TPSA) is 152 Å². The fourth-order valence-corrected chi connectivity index (χ4v) is 5.20. The maximum Gasteiger partial charge on any atom is 0.247 e. The second-order valence-electron chi connectivity index (χ2n) is 8.40. The van der Waals surface area contributed by atoms with Gasteiger partial charge in [-0.3, -0.25) is 4.72 Å². The highest BCUT2D eigenvalue weighted by atomic mass is 32.2. The van der Waals surface area contributed by atoms with E-state index in [2.05, 4.69) is 15.0 Å². The van der Waals surface area contributed by atoms with Gasteiger partial charge in [0.05, 0.1) is 28.6 Å². The molecule has 0 fully saturated rings.